The highest BCUT2D eigenvalue weighted by atomic mass is 16.5. The molecule has 7 nitrogen and oxygen atoms in total. The average Bonchev–Trinajstić information content (AvgIpc) is 3.22. The molecule has 1 aliphatic carbocycles. The highest BCUT2D eigenvalue weighted by Crippen LogP contribution is 2.37. The lowest BCUT2D eigenvalue weighted by molar-refractivity contribution is -0.137. The number of fused-ring (bicyclic) bond motifs is 1. The number of carboxylic acid groups (broad SMARTS) is 1. The van der Waals surface area contributed by atoms with Gasteiger partial charge in [0.15, 0.2) is 0 Å². The molecule has 0 spiro atoms. The summed E-state index contributed by atoms with van der Waals surface area (Å²) in [6, 6.07) is 9.79. The molecule has 0 saturated carbocycles. The Morgan fingerprint density at radius 2 is 2.03 bits per heavy atom. The van der Waals surface area contributed by atoms with Crippen LogP contribution in [0.2, 0.25) is 0 Å². The Bertz CT molecular complexity index is 1160. The quantitative estimate of drug-likeness (QED) is 0.363. The van der Waals surface area contributed by atoms with E-state index < -0.39 is 5.97 Å². The number of benzene rings is 1. The van der Waals surface area contributed by atoms with Gasteiger partial charge in [-0.05, 0) is 66.8 Å². The second-order valence-electron chi connectivity index (χ2n) is 8.78. The van der Waals surface area contributed by atoms with Gasteiger partial charge < -0.3 is 24.1 Å². The Balaban J connectivity index is 1.44. The summed E-state index contributed by atoms with van der Waals surface area (Å²) < 4.78 is 22.5. The number of ether oxygens (including phenoxy) is 4. The molecular weight excluding hydrogens is 446 g/mol. The first kappa shape index (κ1) is 24.5. The summed E-state index contributed by atoms with van der Waals surface area (Å²) in [6.45, 7) is 5.80. The summed E-state index contributed by atoms with van der Waals surface area (Å²) in [5, 5.41) is 9.08. The van der Waals surface area contributed by atoms with Crippen molar-refractivity contribution in [3.05, 3.63) is 76.8 Å². The lowest BCUT2D eigenvalue weighted by atomic mass is 9.92. The van der Waals surface area contributed by atoms with Gasteiger partial charge >= 0.3 is 5.97 Å². The van der Waals surface area contributed by atoms with Crippen molar-refractivity contribution in [1.82, 2.24) is 4.98 Å². The molecule has 1 aromatic carbocycles. The highest BCUT2D eigenvalue weighted by Gasteiger charge is 2.30. The minimum Gasteiger partial charge on any atom is -0.493 e. The van der Waals surface area contributed by atoms with E-state index in [1.165, 1.54) is 0 Å². The Morgan fingerprint density at radius 3 is 2.77 bits per heavy atom. The molecule has 0 radical (unpaired) electrons. The van der Waals surface area contributed by atoms with Gasteiger partial charge in [-0.15, -0.1) is 0 Å². The van der Waals surface area contributed by atoms with Crippen LogP contribution in [0.25, 0.3) is 11.3 Å². The van der Waals surface area contributed by atoms with Gasteiger partial charge in [0.1, 0.15) is 11.5 Å². The summed E-state index contributed by atoms with van der Waals surface area (Å²) in [5.41, 5.74) is 5.97. The summed E-state index contributed by atoms with van der Waals surface area (Å²) in [7, 11) is 1.69. The molecule has 2 aromatic rings. The number of hydrogen-bond donors (Lipinski definition) is 1. The number of carbonyl (C=O) groups is 1. The number of allylic oxidation sites excluding steroid dienone is 4. The molecule has 1 aliphatic heterocycles. The second kappa shape index (κ2) is 11.2. The Hall–Kier alpha value is -3.58. The first-order valence-electron chi connectivity index (χ1n) is 11.8. The summed E-state index contributed by atoms with van der Waals surface area (Å²) in [5.74, 6) is 1.17. The maximum atomic E-state index is 11.1. The number of carboxylic acids is 1. The second-order valence-corrected chi connectivity index (χ2v) is 8.78. The van der Waals surface area contributed by atoms with E-state index in [1.54, 1.807) is 13.4 Å². The van der Waals surface area contributed by atoms with Crippen molar-refractivity contribution >= 4 is 5.97 Å². The van der Waals surface area contributed by atoms with Crippen LogP contribution in [-0.4, -0.2) is 43.0 Å². The van der Waals surface area contributed by atoms with Crippen LogP contribution in [0, 0.1) is 19.8 Å². The van der Waals surface area contributed by atoms with Crippen molar-refractivity contribution in [3.63, 3.8) is 0 Å². The number of rotatable bonds is 10. The Kier molecular flexibility index (Phi) is 7.87. The van der Waals surface area contributed by atoms with Gasteiger partial charge in [-0.25, -0.2) is 4.98 Å². The van der Waals surface area contributed by atoms with E-state index in [2.05, 4.69) is 13.8 Å². The van der Waals surface area contributed by atoms with E-state index in [4.69, 9.17) is 29.0 Å². The molecule has 7 heteroatoms. The fraction of sp³-hybridized carbons (Fsp3) is 0.357. The molecule has 1 unspecified atom stereocenters. The number of pyridine rings is 1. The van der Waals surface area contributed by atoms with Crippen molar-refractivity contribution in [2.24, 2.45) is 5.92 Å². The van der Waals surface area contributed by atoms with Crippen LogP contribution < -0.4 is 9.47 Å². The van der Waals surface area contributed by atoms with E-state index in [-0.39, 0.29) is 12.3 Å². The lowest BCUT2D eigenvalue weighted by Crippen LogP contribution is -2.09. The number of aliphatic carboxylic acids is 1. The molecule has 0 bridgehead atoms. The number of aromatic nitrogens is 1. The predicted octanol–water partition coefficient (Wildman–Crippen LogP) is 5.38. The summed E-state index contributed by atoms with van der Waals surface area (Å²) in [6.07, 6.45) is 7.20. The standard InChI is InChI=1S/C28H31NO6/c1-18-12-22(33-11-5-10-32-3)13-19(2)28(18)24-6-4-7-26(29-24)35-16-20-8-9-23-21(15-27(30)31)17-34-25(23)14-20/h4,6-7,9,12-14,16,21H,5,8,10-11,15,17H2,1-3H3,(H,30,31). The van der Waals surface area contributed by atoms with Crippen molar-refractivity contribution in [1.29, 1.82) is 0 Å². The van der Waals surface area contributed by atoms with E-state index in [0.29, 0.717) is 32.1 Å². The van der Waals surface area contributed by atoms with Gasteiger partial charge in [0.05, 0.1) is 31.6 Å². The van der Waals surface area contributed by atoms with E-state index in [0.717, 1.165) is 51.5 Å². The third-order valence-electron chi connectivity index (χ3n) is 6.04. The smallest absolute Gasteiger partial charge is 0.304 e. The van der Waals surface area contributed by atoms with Crippen LogP contribution in [0.15, 0.2) is 65.7 Å². The number of aryl methyl sites for hydroxylation is 2. The zero-order chi connectivity index (χ0) is 24.8. The third kappa shape index (κ3) is 6.11. The largest absolute Gasteiger partial charge is 0.493 e. The van der Waals surface area contributed by atoms with Crippen LogP contribution in [-0.2, 0) is 14.3 Å². The topological polar surface area (TPSA) is 87.1 Å². The molecule has 1 aromatic heterocycles. The highest BCUT2D eigenvalue weighted by molar-refractivity contribution is 5.69. The predicted molar refractivity (Wildman–Crippen MR) is 132 cm³/mol. The van der Waals surface area contributed by atoms with Crippen LogP contribution >= 0.6 is 0 Å². The zero-order valence-electron chi connectivity index (χ0n) is 20.4. The number of methoxy groups -OCH3 is 1. The normalized spacial score (nSPS) is 17.9. The van der Waals surface area contributed by atoms with E-state index >= 15 is 0 Å². The van der Waals surface area contributed by atoms with E-state index in [9.17, 15) is 4.79 Å². The first-order chi connectivity index (χ1) is 16.9. The van der Waals surface area contributed by atoms with Crippen LogP contribution in [0.1, 0.15) is 30.4 Å². The maximum Gasteiger partial charge on any atom is 0.304 e. The van der Waals surface area contributed by atoms with Crippen LogP contribution in [0.3, 0.4) is 0 Å². The lowest BCUT2D eigenvalue weighted by Gasteiger charge is -2.14. The van der Waals surface area contributed by atoms with Crippen LogP contribution in [0.4, 0.5) is 0 Å². The Labute approximate surface area is 205 Å². The first-order valence-corrected chi connectivity index (χ1v) is 11.8. The Morgan fingerprint density at radius 1 is 1.23 bits per heavy atom. The average molecular weight is 478 g/mol. The minimum atomic E-state index is -0.814. The molecule has 1 saturated heterocycles. The molecule has 35 heavy (non-hydrogen) atoms. The van der Waals surface area contributed by atoms with Gasteiger partial charge in [0, 0.05) is 37.7 Å². The molecule has 1 fully saturated rings. The third-order valence-corrected chi connectivity index (χ3v) is 6.04. The van der Waals surface area contributed by atoms with Crippen LogP contribution in [0.5, 0.6) is 11.6 Å². The van der Waals surface area contributed by atoms with Gasteiger partial charge in [-0.3, -0.25) is 4.79 Å². The van der Waals surface area contributed by atoms with Gasteiger partial charge in [-0.2, -0.15) is 0 Å². The molecule has 2 aliphatic rings. The van der Waals surface area contributed by atoms with Gasteiger partial charge in [0.2, 0.25) is 5.88 Å². The molecule has 4 rings (SSSR count). The monoisotopic (exact) mass is 477 g/mol. The van der Waals surface area contributed by atoms with Crippen molar-refractivity contribution in [2.75, 3.05) is 26.9 Å². The molecule has 1 atom stereocenters. The fourth-order valence-corrected chi connectivity index (χ4v) is 4.43. The van der Waals surface area contributed by atoms with Gasteiger partial charge in [0.25, 0.3) is 0 Å². The number of nitrogens with zero attached hydrogens (tertiary/aromatic N) is 1. The molecule has 1 N–H and O–H groups in total. The minimum absolute atomic E-state index is 0.0786. The molecular formula is C28H31NO6. The maximum absolute atomic E-state index is 11.1. The molecule has 184 valence electrons. The van der Waals surface area contributed by atoms with Crippen molar-refractivity contribution in [2.45, 2.75) is 33.1 Å². The van der Waals surface area contributed by atoms with E-state index in [1.807, 2.05) is 42.5 Å². The number of hydrogen-bond acceptors (Lipinski definition) is 6. The van der Waals surface area contributed by atoms with Crippen molar-refractivity contribution < 1.29 is 28.8 Å². The summed E-state index contributed by atoms with van der Waals surface area (Å²) >= 11 is 0. The van der Waals surface area contributed by atoms with Crippen molar-refractivity contribution in [3.8, 4) is 22.9 Å². The SMILES string of the molecule is COCCCOc1cc(C)c(-c2cccc(OC=C3C=C4OCC(CC(=O)O)C4=CC3)n2)c(C)c1. The zero-order valence-corrected chi connectivity index (χ0v) is 20.4. The van der Waals surface area contributed by atoms with Gasteiger partial charge in [-0.1, -0.05) is 12.1 Å². The fourth-order valence-electron chi connectivity index (χ4n) is 4.43. The molecule has 0 amide bonds. The molecule has 2 heterocycles. The summed E-state index contributed by atoms with van der Waals surface area (Å²) in [4.78, 5) is 15.8.